The second kappa shape index (κ2) is 6.62. The third-order valence-corrected chi connectivity index (χ3v) is 4.04. The maximum absolute atomic E-state index is 6.00. The van der Waals surface area contributed by atoms with E-state index in [1.54, 1.807) is 29.5 Å². The molecule has 18 heavy (non-hydrogen) atoms. The lowest BCUT2D eigenvalue weighted by molar-refractivity contribution is 0.322. The van der Waals surface area contributed by atoms with E-state index in [4.69, 9.17) is 39.5 Å². The summed E-state index contributed by atoms with van der Waals surface area (Å²) < 4.78 is 5.58. The summed E-state index contributed by atoms with van der Waals surface area (Å²) in [5, 5.41) is 3.98. The molecule has 2 rings (SSSR count). The lowest BCUT2D eigenvalue weighted by Gasteiger charge is -2.08. The molecule has 0 spiro atoms. The molecule has 0 bridgehead atoms. The van der Waals surface area contributed by atoms with E-state index in [-0.39, 0.29) is 0 Å². The minimum Gasteiger partial charge on any atom is -0.490 e. The van der Waals surface area contributed by atoms with Crippen molar-refractivity contribution in [3.05, 3.63) is 44.3 Å². The first-order valence-corrected chi connectivity index (χ1v) is 7.43. The van der Waals surface area contributed by atoms with Crippen molar-refractivity contribution in [3.63, 3.8) is 0 Å². The molecular weight excluding hydrogens is 313 g/mol. The highest BCUT2D eigenvalue weighted by Gasteiger charge is 2.07. The van der Waals surface area contributed by atoms with E-state index >= 15 is 0 Å². The smallest absolute Gasteiger partial charge is 0.156 e. The first-order valence-electron chi connectivity index (χ1n) is 5.26. The molecule has 2 aromatic rings. The number of para-hydroxylation sites is 1. The van der Waals surface area contributed by atoms with Crippen LogP contribution in [0.25, 0.3) is 0 Å². The van der Waals surface area contributed by atoms with Gasteiger partial charge in [-0.15, -0.1) is 22.9 Å². The molecular formula is C12H10Cl3NOS. The fourth-order valence-corrected chi connectivity index (χ4v) is 2.90. The van der Waals surface area contributed by atoms with Crippen LogP contribution in [0.5, 0.6) is 5.75 Å². The molecule has 2 nitrogen and oxygen atoms in total. The van der Waals surface area contributed by atoms with Gasteiger partial charge in [-0.25, -0.2) is 4.98 Å². The van der Waals surface area contributed by atoms with Gasteiger partial charge in [0.25, 0.3) is 0 Å². The summed E-state index contributed by atoms with van der Waals surface area (Å²) >= 11 is 19.3. The van der Waals surface area contributed by atoms with Gasteiger partial charge in [0.1, 0.15) is 0 Å². The number of nitrogens with zero attached hydrogens (tertiary/aromatic N) is 1. The quantitative estimate of drug-likeness (QED) is 0.737. The van der Waals surface area contributed by atoms with Gasteiger partial charge in [0.15, 0.2) is 5.75 Å². The van der Waals surface area contributed by atoms with Gasteiger partial charge >= 0.3 is 0 Å². The molecule has 96 valence electrons. The van der Waals surface area contributed by atoms with Gasteiger partial charge in [0.2, 0.25) is 0 Å². The molecule has 0 unspecified atom stereocenters. The van der Waals surface area contributed by atoms with Gasteiger partial charge in [0, 0.05) is 11.8 Å². The Hall–Kier alpha value is -0.480. The minimum atomic E-state index is 0.438. The highest BCUT2D eigenvalue weighted by atomic mass is 35.5. The SMILES string of the molecule is ClCc1csc(CCOc2c(Cl)cccc2Cl)n1. The Morgan fingerprint density at radius 3 is 2.56 bits per heavy atom. The van der Waals surface area contributed by atoms with E-state index in [1.807, 2.05) is 5.38 Å². The first-order chi connectivity index (χ1) is 8.70. The summed E-state index contributed by atoms with van der Waals surface area (Å²) in [7, 11) is 0. The van der Waals surface area contributed by atoms with Crippen LogP contribution in [-0.4, -0.2) is 11.6 Å². The number of hydrogen-bond donors (Lipinski definition) is 0. The number of ether oxygens (including phenoxy) is 1. The van der Waals surface area contributed by atoms with Crippen molar-refractivity contribution in [2.75, 3.05) is 6.61 Å². The normalized spacial score (nSPS) is 10.6. The van der Waals surface area contributed by atoms with Crippen molar-refractivity contribution in [2.45, 2.75) is 12.3 Å². The van der Waals surface area contributed by atoms with Crippen molar-refractivity contribution in [1.82, 2.24) is 4.98 Å². The van der Waals surface area contributed by atoms with Crippen LogP contribution in [0, 0.1) is 0 Å². The largest absolute Gasteiger partial charge is 0.490 e. The van der Waals surface area contributed by atoms with Crippen LogP contribution < -0.4 is 4.74 Å². The number of halogens is 3. The zero-order chi connectivity index (χ0) is 13.0. The molecule has 0 aliphatic heterocycles. The topological polar surface area (TPSA) is 22.1 Å². The van der Waals surface area contributed by atoms with Crippen molar-refractivity contribution in [2.24, 2.45) is 0 Å². The molecule has 0 amide bonds. The Morgan fingerprint density at radius 2 is 1.94 bits per heavy atom. The van der Waals surface area contributed by atoms with Crippen molar-refractivity contribution in [3.8, 4) is 5.75 Å². The van der Waals surface area contributed by atoms with Crippen LogP contribution in [0.15, 0.2) is 23.6 Å². The standard InChI is InChI=1S/C12H10Cl3NOS/c13-6-8-7-18-11(16-8)4-5-17-12-9(14)2-1-3-10(12)15/h1-3,7H,4-6H2. The summed E-state index contributed by atoms with van der Waals surface area (Å²) in [5.41, 5.74) is 0.896. The summed E-state index contributed by atoms with van der Waals surface area (Å²) in [6.07, 6.45) is 0.711. The monoisotopic (exact) mass is 321 g/mol. The summed E-state index contributed by atoms with van der Waals surface area (Å²) in [4.78, 5) is 4.35. The minimum absolute atomic E-state index is 0.438. The Kier molecular flexibility index (Phi) is 5.13. The van der Waals surface area contributed by atoms with Crippen LogP contribution in [-0.2, 0) is 12.3 Å². The maximum Gasteiger partial charge on any atom is 0.156 e. The molecule has 0 N–H and O–H groups in total. The fourth-order valence-electron chi connectivity index (χ4n) is 1.39. The van der Waals surface area contributed by atoms with Crippen molar-refractivity contribution < 1.29 is 4.74 Å². The number of hydrogen-bond acceptors (Lipinski definition) is 3. The number of thiazole rings is 1. The number of aromatic nitrogens is 1. The van der Waals surface area contributed by atoms with Gasteiger partial charge in [-0.3, -0.25) is 0 Å². The Labute approximate surface area is 124 Å². The second-order valence-electron chi connectivity index (χ2n) is 3.52. The Balaban J connectivity index is 1.92. The van der Waals surface area contributed by atoms with E-state index in [0.717, 1.165) is 10.7 Å². The molecule has 1 aromatic carbocycles. The van der Waals surface area contributed by atoms with Crippen LogP contribution in [0.1, 0.15) is 10.7 Å². The van der Waals surface area contributed by atoms with E-state index in [2.05, 4.69) is 4.98 Å². The zero-order valence-electron chi connectivity index (χ0n) is 9.33. The Morgan fingerprint density at radius 1 is 1.22 bits per heavy atom. The number of rotatable bonds is 5. The highest BCUT2D eigenvalue weighted by Crippen LogP contribution is 2.32. The van der Waals surface area contributed by atoms with Crippen LogP contribution in [0.4, 0.5) is 0 Å². The lowest BCUT2D eigenvalue weighted by atomic mass is 10.3. The molecule has 0 aliphatic carbocycles. The fraction of sp³-hybridized carbons (Fsp3) is 0.250. The average Bonchev–Trinajstić information content (AvgIpc) is 2.81. The van der Waals surface area contributed by atoms with Gasteiger partial charge in [-0.1, -0.05) is 29.3 Å². The maximum atomic E-state index is 6.00. The molecule has 6 heteroatoms. The van der Waals surface area contributed by atoms with Crippen molar-refractivity contribution >= 4 is 46.1 Å². The molecule has 0 atom stereocenters. The molecule has 1 heterocycles. The predicted molar refractivity (Wildman–Crippen MR) is 77.3 cm³/mol. The van der Waals surface area contributed by atoms with Gasteiger partial charge in [-0.05, 0) is 12.1 Å². The second-order valence-corrected chi connectivity index (χ2v) is 5.54. The third-order valence-electron chi connectivity index (χ3n) is 2.22. The van der Waals surface area contributed by atoms with E-state index in [9.17, 15) is 0 Å². The highest BCUT2D eigenvalue weighted by molar-refractivity contribution is 7.09. The van der Waals surface area contributed by atoms with E-state index in [0.29, 0.717) is 34.7 Å². The van der Waals surface area contributed by atoms with Gasteiger partial charge in [-0.2, -0.15) is 0 Å². The summed E-state index contributed by atoms with van der Waals surface area (Å²) in [6.45, 7) is 0.485. The van der Waals surface area contributed by atoms with Crippen molar-refractivity contribution in [1.29, 1.82) is 0 Å². The molecule has 0 fully saturated rings. The van der Waals surface area contributed by atoms with Crippen LogP contribution >= 0.6 is 46.1 Å². The molecule has 0 aliphatic rings. The lowest BCUT2D eigenvalue weighted by Crippen LogP contribution is -2.02. The van der Waals surface area contributed by atoms with Gasteiger partial charge in [0.05, 0.1) is 33.2 Å². The first kappa shape index (κ1) is 13.9. The van der Waals surface area contributed by atoms with Gasteiger partial charge < -0.3 is 4.74 Å². The third kappa shape index (κ3) is 3.51. The molecule has 1 aromatic heterocycles. The summed E-state index contributed by atoms with van der Waals surface area (Å²) in [6, 6.07) is 5.28. The van der Waals surface area contributed by atoms with Crippen LogP contribution in [0.2, 0.25) is 10.0 Å². The van der Waals surface area contributed by atoms with E-state index < -0.39 is 0 Å². The van der Waals surface area contributed by atoms with E-state index in [1.165, 1.54) is 0 Å². The average molecular weight is 323 g/mol. The zero-order valence-corrected chi connectivity index (χ0v) is 12.4. The molecule has 0 saturated heterocycles. The van der Waals surface area contributed by atoms with Crippen LogP contribution in [0.3, 0.4) is 0 Å². The predicted octanol–water partition coefficient (Wildman–Crippen LogP) is 4.81. The molecule has 0 radical (unpaired) electrons. The molecule has 0 saturated carbocycles. The summed E-state index contributed by atoms with van der Waals surface area (Å²) in [5.74, 6) is 0.961. The Bertz CT molecular complexity index is 510. The number of alkyl halides is 1. The number of benzene rings is 1.